The summed E-state index contributed by atoms with van der Waals surface area (Å²) in [4.78, 5) is 0. The lowest BCUT2D eigenvalue weighted by molar-refractivity contribution is 0.0664. The molecule has 0 aromatic rings. The van der Waals surface area contributed by atoms with Crippen molar-refractivity contribution in [2.45, 2.75) is 52.9 Å². The van der Waals surface area contributed by atoms with E-state index in [0.29, 0.717) is 5.41 Å². The van der Waals surface area contributed by atoms with Crippen molar-refractivity contribution in [1.29, 1.82) is 0 Å². The van der Waals surface area contributed by atoms with E-state index >= 15 is 0 Å². The average Bonchev–Trinajstić information content (AvgIpc) is 2.15. The Hall–Kier alpha value is -0.260. The Balaban J connectivity index is 2.14. The quantitative estimate of drug-likeness (QED) is 0.538. The fourth-order valence-corrected chi connectivity index (χ4v) is 3.46. The molecule has 1 fully saturated rings. The van der Waals surface area contributed by atoms with Gasteiger partial charge in [0.05, 0.1) is 0 Å². The first-order valence-corrected chi connectivity index (χ1v) is 6.17. The highest BCUT2D eigenvalue weighted by atomic mass is 14.4. The molecule has 0 aromatic heterocycles. The van der Waals surface area contributed by atoms with E-state index < -0.39 is 0 Å². The summed E-state index contributed by atoms with van der Waals surface area (Å²) in [6.07, 6.45) is 12.8. The van der Waals surface area contributed by atoms with E-state index in [0.717, 1.165) is 17.8 Å². The number of rotatable bonds is 0. The van der Waals surface area contributed by atoms with Crippen LogP contribution in [-0.4, -0.2) is 0 Å². The minimum Gasteiger partial charge on any atom is -0.0807 e. The maximum absolute atomic E-state index is 3.60. The van der Waals surface area contributed by atoms with Gasteiger partial charge in [-0.3, -0.25) is 0 Å². The van der Waals surface area contributed by atoms with Gasteiger partial charge in [-0.2, -0.15) is 0 Å². The summed E-state index contributed by atoms with van der Waals surface area (Å²) in [5.74, 6) is 2.66. The van der Waals surface area contributed by atoms with Crippen LogP contribution >= 0.6 is 0 Å². The zero-order chi connectivity index (χ0) is 10.2. The van der Waals surface area contributed by atoms with Crippen LogP contribution in [0.25, 0.3) is 0 Å². The molecule has 3 atom stereocenters. The molecule has 1 radical (unpaired) electrons. The van der Waals surface area contributed by atoms with Crippen molar-refractivity contribution in [3.05, 3.63) is 12.2 Å². The molecule has 0 bridgehead atoms. The molecule has 0 heterocycles. The summed E-state index contributed by atoms with van der Waals surface area (Å²) in [6.45, 7) is 7.25. The minimum atomic E-state index is 0.502. The summed E-state index contributed by atoms with van der Waals surface area (Å²) in [7, 11) is 0. The Morgan fingerprint density at radius 2 is 1.93 bits per heavy atom. The molecule has 1 saturated carbocycles. The van der Waals surface area contributed by atoms with Gasteiger partial charge in [0.2, 0.25) is 0 Å². The first-order chi connectivity index (χ1) is 6.59. The van der Waals surface area contributed by atoms with Crippen molar-refractivity contribution in [3.8, 4) is 0 Å². The van der Waals surface area contributed by atoms with Crippen molar-refractivity contribution in [3.63, 3.8) is 0 Å². The SMILES string of the molecule is CC(C)(C)C1CCCC2[C]=CCCC21. The van der Waals surface area contributed by atoms with Crippen LogP contribution in [-0.2, 0) is 0 Å². The largest absolute Gasteiger partial charge is 0.0807 e. The third kappa shape index (κ3) is 1.89. The molecule has 0 nitrogen and oxygen atoms in total. The highest BCUT2D eigenvalue weighted by molar-refractivity contribution is 4.98. The Bertz CT molecular complexity index is 219. The number of hydrogen-bond acceptors (Lipinski definition) is 0. The van der Waals surface area contributed by atoms with Gasteiger partial charge in [-0.15, -0.1) is 0 Å². The second kappa shape index (κ2) is 3.72. The highest BCUT2D eigenvalue weighted by Crippen LogP contribution is 2.47. The van der Waals surface area contributed by atoms with Gasteiger partial charge in [0, 0.05) is 0 Å². The van der Waals surface area contributed by atoms with Crippen LogP contribution in [0, 0.1) is 29.2 Å². The molecule has 0 amide bonds. The van der Waals surface area contributed by atoms with E-state index in [9.17, 15) is 0 Å². The zero-order valence-electron chi connectivity index (χ0n) is 9.84. The van der Waals surface area contributed by atoms with Crippen LogP contribution in [0.1, 0.15) is 52.9 Å². The van der Waals surface area contributed by atoms with Gasteiger partial charge in [0.1, 0.15) is 0 Å². The average molecular weight is 191 g/mol. The topological polar surface area (TPSA) is 0 Å². The first-order valence-electron chi connectivity index (χ1n) is 6.17. The van der Waals surface area contributed by atoms with E-state index in [2.05, 4.69) is 32.9 Å². The Morgan fingerprint density at radius 1 is 1.14 bits per heavy atom. The molecule has 0 aliphatic heterocycles. The Kier molecular flexibility index (Phi) is 2.72. The van der Waals surface area contributed by atoms with E-state index in [1.54, 1.807) is 0 Å². The Morgan fingerprint density at radius 3 is 2.64 bits per heavy atom. The lowest BCUT2D eigenvalue weighted by atomic mass is 9.60. The van der Waals surface area contributed by atoms with Gasteiger partial charge in [-0.05, 0) is 54.9 Å². The minimum absolute atomic E-state index is 0.502. The maximum Gasteiger partial charge on any atom is -0.0131 e. The molecule has 2 aliphatic rings. The summed E-state index contributed by atoms with van der Waals surface area (Å²) >= 11 is 0. The monoisotopic (exact) mass is 191 g/mol. The normalized spacial score (nSPS) is 38.1. The molecule has 0 aromatic carbocycles. The number of allylic oxidation sites excluding steroid dienone is 2. The standard InChI is InChI=1S/C14H23/c1-14(2,3)13-10-6-8-11-7-4-5-9-12(11)13/h4,11-13H,5-6,8-10H2,1-3H3. The third-order valence-electron chi connectivity index (χ3n) is 4.15. The molecule has 3 unspecified atom stereocenters. The molecule has 2 rings (SSSR count). The predicted octanol–water partition coefficient (Wildman–Crippen LogP) is 4.22. The van der Waals surface area contributed by atoms with Gasteiger partial charge in [0.15, 0.2) is 0 Å². The second-order valence-electron chi connectivity index (χ2n) is 6.12. The van der Waals surface area contributed by atoms with Crippen molar-refractivity contribution in [2.75, 3.05) is 0 Å². The van der Waals surface area contributed by atoms with Crippen LogP contribution in [0.15, 0.2) is 6.08 Å². The fourth-order valence-electron chi connectivity index (χ4n) is 3.46. The van der Waals surface area contributed by atoms with Crippen LogP contribution in [0.5, 0.6) is 0 Å². The summed E-state index contributed by atoms with van der Waals surface area (Å²) in [6, 6.07) is 0. The molecular formula is C14H23. The van der Waals surface area contributed by atoms with Gasteiger partial charge in [0.25, 0.3) is 0 Å². The summed E-state index contributed by atoms with van der Waals surface area (Å²) in [5, 5.41) is 0. The summed E-state index contributed by atoms with van der Waals surface area (Å²) in [5.41, 5.74) is 0.502. The molecular weight excluding hydrogens is 168 g/mol. The van der Waals surface area contributed by atoms with Crippen molar-refractivity contribution in [2.24, 2.45) is 23.2 Å². The lowest BCUT2D eigenvalue weighted by Crippen LogP contribution is -2.36. The molecule has 14 heavy (non-hydrogen) atoms. The maximum atomic E-state index is 3.60. The third-order valence-corrected chi connectivity index (χ3v) is 4.15. The zero-order valence-corrected chi connectivity index (χ0v) is 9.84. The van der Waals surface area contributed by atoms with Gasteiger partial charge in [-0.25, -0.2) is 0 Å². The number of fused-ring (bicyclic) bond motifs is 1. The van der Waals surface area contributed by atoms with E-state index in [-0.39, 0.29) is 0 Å². The Labute approximate surface area is 88.8 Å². The van der Waals surface area contributed by atoms with E-state index in [4.69, 9.17) is 0 Å². The van der Waals surface area contributed by atoms with Crippen molar-refractivity contribution >= 4 is 0 Å². The summed E-state index contributed by atoms with van der Waals surface area (Å²) < 4.78 is 0. The smallest absolute Gasteiger partial charge is 0.0131 e. The fraction of sp³-hybridized carbons (Fsp3) is 0.857. The van der Waals surface area contributed by atoms with Gasteiger partial charge >= 0.3 is 0 Å². The van der Waals surface area contributed by atoms with Gasteiger partial charge in [-0.1, -0.05) is 33.3 Å². The number of hydrogen-bond donors (Lipinski definition) is 0. The van der Waals surface area contributed by atoms with Crippen LogP contribution in [0.4, 0.5) is 0 Å². The highest BCUT2D eigenvalue weighted by Gasteiger charge is 2.38. The van der Waals surface area contributed by atoms with E-state index in [1.807, 2.05) is 0 Å². The second-order valence-corrected chi connectivity index (χ2v) is 6.12. The molecule has 79 valence electrons. The molecule has 0 N–H and O–H groups in total. The van der Waals surface area contributed by atoms with Gasteiger partial charge < -0.3 is 0 Å². The van der Waals surface area contributed by atoms with Crippen molar-refractivity contribution < 1.29 is 0 Å². The van der Waals surface area contributed by atoms with Crippen LogP contribution in [0.3, 0.4) is 0 Å². The molecule has 0 heteroatoms. The first kappa shape index (κ1) is 10.3. The molecule has 0 spiro atoms. The molecule has 0 saturated heterocycles. The van der Waals surface area contributed by atoms with Crippen molar-refractivity contribution in [1.82, 2.24) is 0 Å². The van der Waals surface area contributed by atoms with Crippen LogP contribution < -0.4 is 0 Å². The lowest BCUT2D eigenvalue weighted by Gasteiger charge is -2.45. The predicted molar refractivity (Wildman–Crippen MR) is 60.8 cm³/mol. The van der Waals surface area contributed by atoms with Crippen LogP contribution in [0.2, 0.25) is 0 Å². The molecule has 2 aliphatic carbocycles. The van der Waals surface area contributed by atoms with E-state index in [1.165, 1.54) is 32.1 Å².